The first-order valence-corrected chi connectivity index (χ1v) is 14.5. The number of hydrogen-bond acceptors (Lipinski definition) is 8. The van der Waals surface area contributed by atoms with Crippen molar-refractivity contribution >= 4 is 11.9 Å². The zero-order chi connectivity index (χ0) is 34.5. The topological polar surface area (TPSA) is 169 Å². The van der Waals surface area contributed by atoms with Crippen LogP contribution in [-0.4, -0.2) is 90.3 Å². The quantitative estimate of drug-likeness (QED) is 0.208. The molecule has 2 fully saturated rings. The monoisotopic (exact) mass is 670 g/mol. The van der Waals surface area contributed by atoms with Crippen LogP contribution >= 0.6 is 0 Å². The van der Waals surface area contributed by atoms with E-state index in [1.807, 2.05) is 25.4 Å². The van der Waals surface area contributed by atoms with Gasteiger partial charge in [-0.2, -0.15) is 31.4 Å². The van der Waals surface area contributed by atoms with Gasteiger partial charge in [0.1, 0.15) is 11.9 Å². The first kappa shape index (κ1) is 38.8. The van der Waals surface area contributed by atoms with E-state index in [9.17, 15) is 26.3 Å². The standard InChI is InChI=1S/C25H38N4O3.2C2HF3O2/c1-25(26,10-11-27-2)23-17-28-29-24(23)19-3-5-20(6-4-19)32-22-15-21(16-22)31-14-9-18-7-12-30-13-8-18;2*3-2(4,5)1(6)7/h3-6,17-18,21-22,27H,7-16,26H2,1-2H3,(H,28,29);2*(H,6,7). The van der Waals surface area contributed by atoms with E-state index in [2.05, 4.69) is 34.6 Å². The van der Waals surface area contributed by atoms with Crippen LogP contribution in [-0.2, 0) is 24.6 Å². The fraction of sp³-hybridized carbons (Fsp3) is 0.621. The molecule has 0 bridgehead atoms. The third-order valence-electron chi connectivity index (χ3n) is 7.35. The van der Waals surface area contributed by atoms with Crippen molar-refractivity contribution < 1.29 is 60.4 Å². The molecule has 6 N–H and O–H groups in total. The molecule has 0 spiro atoms. The Morgan fingerprint density at radius 1 is 1.02 bits per heavy atom. The van der Waals surface area contributed by atoms with Gasteiger partial charge >= 0.3 is 24.3 Å². The number of nitrogens with two attached hydrogens (primary N) is 1. The van der Waals surface area contributed by atoms with Gasteiger partial charge < -0.3 is 35.5 Å². The number of rotatable bonds is 11. The summed E-state index contributed by atoms with van der Waals surface area (Å²) in [5, 5.41) is 24.8. The van der Waals surface area contributed by atoms with Crippen molar-refractivity contribution in [3.63, 3.8) is 0 Å². The van der Waals surface area contributed by atoms with Crippen LogP contribution in [0.15, 0.2) is 30.5 Å². The highest BCUT2D eigenvalue weighted by Gasteiger charge is 2.39. The Morgan fingerprint density at radius 3 is 2.07 bits per heavy atom. The molecule has 2 aromatic rings. The van der Waals surface area contributed by atoms with Crippen LogP contribution in [0.3, 0.4) is 0 Å². The van der Waals surface area contributed by atoms with Crippen LogP contribution in [0.1, 0.15) is 51.0 Å². The van der Waals surface area contributed by atoms with E-state index < -0.39 is 29.8 Å². The Bertz CT molecular complexity index is 1190. The maximum Gasteiger partial charge on any atom is 0.490 e. The van der Waals surface area contributed by atoms with Gasteiger partial charge in [0.15, 0.2) is 0 Å². The smallest absolute Gasteiger partial charge is 0.490 e. The number of benzene rings is 1. The zero-order valence-corrected chi connectivity index (χ0v) is 25.4. The lowest BCUT2D eigenvalue weighted by Gasteiger charge is -2.35. The molecule has 260 valence electrons. The van der Waals surface area contributed by atoms with Crippen LogP contribution in [0.25, 0.3) is 11.3 Å². The number of nitrogens with zero attached hydrogens (tertiary/aromatic N) is 1. The summed E-state index contributed by atoms with van der Waals surface area (Å²) in [6.45, 7) is 5.58. The van der Waals surface area contributed by atoms with E-state index in [1.165, 1.54) is 12.8 Å². The summed E-state index contributed by atoms with van der Waals surface area (Å²) >= 11 is 0. The number of aliphatic carboxylic acids is 2. The minimum atomic E-state index is -5.08. The predicted molar refractivity (Wildman–Crippen MR) is 153 cm³/mol. The number of aromatic nitrogens is 2. The zero-order valence-electron chi connectivity index (χ0n) is 25.4. The highest BCUT2D eigenvalue weighted by molar-refractivity contribution is 5.73. The Labute approximate surface area is 261 Å². The van der Waals surface area contributed by atoms with Gasteiger partial charge in [-0.25, -0.2) is 9.59 Å². The summed E-state index contributed by atoms with van der Waals surface area (Å²) in [6.07, 6.45) is -1.47. The fourth-order valence-electron chi connectivity index (χ4n) is 4.54. The van der Waals surface area contributed by atoms with Gasteiger partial charge in [0.25, 0.3) is 0 Å². The van der Waals surface area contributed by atoms with Gasteiger partial charge in [-0.15, -0.1) is 0 Å². The Balaban J connectivity index is 0.000000440. The molecule has 1 atom stereocenters. The number of aromatic amines is 1. The molecule has 1 aromatic heterocycles. The molecule has 11 nitrogen and oxygen atoms in total. The molecule has 46 heavy (non-hydrogen) atoms. The summed E-state index contributed by atoms with van der Waals surface area (Å²) in [5.74, 6) is -3.85. The highest BCUT2D eigenvalue weighted by Crippen LogP contribution is 2.33. The third kappa shape index (κ3) is 13.1. The number of H-pyrrole nitrogens is 1. The second kappa shape index (κ2) is 17.5. The lowest BCUT2D eigenvalue weighted by atomic mass is 9.88. The molecule has 2 heterocycles. The van der Waals surface area contributed by atoms with E-state index in [-0.39, 0.29) is 6.10 Å². The summed E-state index contributed by atoms with van der Waals surface area (Å²) in [4.78, 5) is 17.8. The van der Waals surface area contributed by atoms with Gasteiger partial charge in [0, 0.05) is 49.3 Å². The lowest BCUT2D eigenvalue weighted by Crippen LogP contribution is -2.39. The van der Waals surface area contributed by atoms with Crippen LogP contribution in [0.5, 0.6) is 5.75 Å². The first-order valence-electron chi connectivity index (χ1n) is 14.5. The SMILES string of the molecule is CNCCC(C)(N)c1cn[nH]c1-c1ccc(OC2CC(OCCC3CCOCC3)C2)cc1.O=C(O)C(F)(F)F.O=C(O)C(F)(F)F. The van der Waals surface area contributed by atoms with E-state index in [0.29, 0.717) is 6.10 Å². The molecular formula is C29H40F6N4O7. The summed E-state index contributed by atoms with van der Waals surface area (Å²) in [6, 6.07) is 8.20. The van der Waals surface area contributed by atoms with Gasteiger partial charge in [0.2, 0.25) is 0 Å². The summed E-state index contributed by atoms with van der Waals surface area (Å²) in [5.41, 5.74) is 9.19. The van der Waals surface area contributed by atoms with Gasteiger partial charge in [-0.3, -0.25) is 5.10 Å². The molecule has 0 amide bonds. The third-order valence-corrected chi connectivity index (χ3v) is 7.35. The molecule has 0 radical (unpaired) electrons. The van der Waals surface area contributed by atoms with Crippen molar-refractivity contribution in [1.29, 1.82) is 0 Å². The van der Waals surface area contributed by atoms with Crippen molar-refractivity contribution in [2.75, 3.05) is 33.4 Å². The van der Waals surface area contributed by atoms with Crippen LogP contribution in [0, 0.1) is 5.92 Å². The fourth-order valence-corrected chi connectivity index (χ4v) is 4.54. The number of ether oxygens (including phenoxy) is 3. The first-order chi connectivity index (χ1) is 21.4. The Hall–Kier alpha value is -3.41. The second-order valence-corrected chi connectivity index (χ2v) is 11.1. The molecule has 1 saturated carbocycles. The van der Waals surface area contributed by atoms with Gasteiger partial charge in [-0.05, 0) is 76.4 Å². The van der Waals surface area contributed by atoms with E-state index in [4.69, 9.17) is 39.7 Å². The van der Waals surface area contributed by atoms with Crippen molar-refractivity contribution in [3.8, 4) is 17.0 Å². The number of carboxylic acid groups (broad SMARTS) is 2. The van der Waals surface area contributed by atoms with Crippen molar-refractivity contribution in [2.24, 2.45) is 11.7 Å². The second-order valence-electron chi connectivity index (χ2n) is 11.1. The maximum atomic E-state index is 10.6. The number of alkyl halides is 6. The van der Waals surface area contributed by atoms with Crippen LogP contribution < -0.4 is 15.8 Å². The van der Waals surface area contributed by atoms with E-state index in [0.717, 1.165) is 80.5 Å². The molecule has 17 heteroatoms. The van der Waals surface area contributed by atoms with Crippen LogP contribution in [0.2, 0.25) is 0 Å². The normalized spacial score (nSPS) is 19.8. The van der Waals surface area contributed by atoms with Gasteiger partial charge in [0.05, 0.1) is 18.0 Å². The largest absolute Gasteiger partial charge is 0.490 e. The van der Waals surface area contributed by atoms with Crippen LogP contribution in [0.4, 0.5) is 26.3 Å². The lowest BCUT2D eigenvalue weighted by molar-refractivity contribution is -0.193. The summed E-state index contributed by atoms with van der Waals surface area (Å²) in [7, 11) is 1.94. The number of carbonyl (C=O) groups is 2. The molecule has 2 aliphatic rings. The average Bonchev–Trinajstić information content (AvgIpc) is 3.47. The molecule has 1 saturated heterocycles. The summed E-state index contributed by atoms with van der Waals surface area (Å²) < 4.78 is 81.1. The van der Waals surface area contributed by atoms with Crippen molar-refractivity contribution in [3.05, 3.63) is 36.0 Å². The minimum Gasteiger partial charge on any atom is -0.490 e. The molecule has 1 aliphatic carbocycles. The number of hydrogen-bond donors (Lipinski definition) is 5. The van der Waals surface area contributed by atoms with Gasteiger partial charge in [-0.1, -0.05) is 0 Å². The van der Waals surface area contributed by atoms with E-state index >= 15 is 0 Å². The predicted octanol–water partition coefficient (Wildman–Crippen LogP) is 4.87. The highest BCUT2D eigenvalue weighted by atomic mass is 19.4. The Morgan fingerprint density at radius 2 is 1.57 bits per heavy atom. The molecule has 4 rings (SSSR count). The maximum absolute atomic E-state index is 10.6. The van der Waals surface area contributed by atoms with Crippen molar-refractivity contribution in [2.45, 2.75) is 75.5 Å². The Kier molecular flexibility index (Phi) is 14.7. The van der Waals surface area contributed by atoms with Crippen molar-refractivity contribution in [1.82, 2.24) is 15.5 Å². The number of carboxylic acids is 2. The number of halogens is 6. The molecule has 1 unspecified atom stereocenters. The minimum absolute atomic E-state index is 0.241. The average molecular weight is 671 g/mol. The van der Waals surface area contributed by atoms with E-state index in [1.54, 1.807) is 0 Å². The number of nitrogens with one attached hydrogen (secondary N) is 2. The molecular weight excluding hydrogens is 630 g/mol. The molecule has 1 aliphatic heterocycles. The molecule has 1 aromatic carbocycles.